The topological polar surface area (TPSA) is 92.3 Å². The molecule has 1 aromatic carbocycles. The number of carbonyl (C=O) groups is 1. The van der Waals surface area contributed by atoms with Gasteiger partial charge in [0.05, 0.1) is 17.5 Å². The van der Waals surface area contributed by atoms with Crippen molar-refractivity contribution < 1.29 is 14.6 Å². The Kier molecular flexibility index (Phi) is 2.78. The highest BCUT2D eigenvalue weighted by Gasteiger charge is 2.12. The van der Waals surface area contributed by atoms with Crippen LogP contribution in [0.5, 0.6) is 5.75 Å². The Labute approximate surface area is 95.9 Å². The summed E-state index contributed by atoms with van der Waals surface area (Å²) in [4.78, 5) is 29.3. The van der Waals surface area contributed by atoms with Gasteiger partial charge in [-0.2, -0.15) is 0 Å². The van der Waals surface area contributed by atoms with E-state index in [1.54, 1.807) is 6.92 Å². The van der Waals surface area contributed by atoms with E-state index in [9.17, 15) is 14.7 Å². The molecule has 0 atom stereocenters. The summed E-state index contributed by atoms with van der Waals surface area (Å²) in [5.41, 5.74) is -0.199. The maximum atomic E-state index is 11.6. The first-order chi connectivity index (χ1) is 8.11. The smallest absolute Gasteiger partial charge is 0.374 e. The number of hydrogen-bond donors (Lipinski definition) is 2. The summed E-state index contributed by atoms with van der Waals surface area (Å²) in [6.45, 7) is 1.85. The van der Waals surface area contributed by atoms with Gasteiger partial charge in [-0.1, -0.05) is 0 Å². The maximum Gasteiger partial charge on any atom is 0.374 e. The molecular weight excluding hydrogens is 224 g/mol. The van der Waals surface area contributed by atoms with Gasteiger partial charge < -0.3 is 14.8 Å². The molecule has 0 saturated carbocycles. The summed E-state index contributed by atoms with van der Waals surface area (Å²) in [7, 11) is 0. The maximum absolute atomic E-state index is 11.6. The average molecular weight is 234 g/mol. The van der Waals surface area contributed by atoms with Crippen LogP contribution in [0.1, 0.15) is 17.5 Å². The van der Waals surface area contributed by atoms with Crippen LogP contribution in [0.25, 0.3) is 10.9 Å². The fourth-order valence-corrected chi connectivity index (χ4v) is 1.42. The number of H-pyrrole nitrogens is 1. The molecule has 0 unspecified atom stereocenters. The van der Waals surface area contributed by atoms with Crippen molar-refractivity contribution in [2.75, 3.05) is 6.61 Å². The van der Waals surface area contributed by atoms with Crippen LogP contribution in [-0.4, -0.2) is 27.7 Å². The molecule has 88 valence electrons. The van der Waals surface area contributed by atoms with E-state index in [4.69, 9.17) is 4.74 Å². The fourth-order valence-electron chi connectivity index (χ4n) is 1.42. The number of esters is 1. The van der Waals surface area contributed by atoms with Crippen LogP contribution in [0.15, 0.2) is 23.0 Å². The van der Waals surface area contributed by atoms with E-state index >= 15 is 0 Å². The van der Waals surface area contributed by atoms with E-state index in [1.807, 2.05) is 0 Å². The second-order valence-electron chi connectivity index (χ2n) is 3.34. The van der Waals surface area contributed by atoms with E-state index in [1.165, 1.54) is 18.2 Å². The highest BCUT2D eigenvalue weighted by molar-refractivity contribution is 5.88. The molecule has 2 N–H and O–H groups in total. The Hall–Kier alpha value is -2.37. The standard InChI is InChI=1S/C11H10N2O4/c1-2-17-11(16)9-12-8-5-6(14)3-4-7(8)10(15)13-9/h3-5,14H,2H2,1H3,(H,12,13,15). The minimum atomic E-state index is -0.699. The first-order valence-corrected chi connectivity index (χ1v) is 5.02. The zero-order valence-electron chi connectivity index (χ0n) is 9.06. The molecule has 0 amide bonds. The molecule has 0 radical (unpaired) electrons. The van der Waals surface area contributed by atoms with Crippen molar-refractivity contribution in [2.24, 2.45) is 0 Å². The van der Waals surface area contributed by atoms with Gasteiger partial charge in [0, 0.05) is 6.07 Å². The molecule has 2 rings (SSSR count). The van der Waals surface area contributed by atoms with Crippen LogP contribution < -0.4 is 5.56 Å². The lowest BCUT2D eigenvalue weighted by Crippen LogP contribution is -2.17. The second-order valence-corrected chi connectivity index (χ2v) is 3.34. The van der Waals surface area contributed by atoms with E-state index in [0.717, 1.165) is 0 Å². The molecule has 6 nitrogen and oxygen atoms in total. The third-order valence-corrected chi connectivity index (χ3v) is 2.16. The van der Waals surface area contributed by atoms with Gasteiger partial charge in [0.1, 0.15) is 5.75 Å². The van der Waals surface area contributed by atoms with Gasteiger partial charge >= 0.3 is 5.97 Å². The van der Waals surface area contributed by atoms with Crippen LogP contribution in [0.4, 0.5) is 0 Å². The average Bonchev–Trinajstić information content (AvgIpc) is 2.28. The lowest BCUT2D eigenvalue weighted by Gasteiger charge is -2.02. The third kappa shape index (κ3) is 2.10. The van der Waals surface area contributed by atoms with Crippen molar-refractivity contribution in [3.8, 4) is 5.75 Å². The first-order valence-electron chi connectivity index (χ1n) is 5.02. The van der Waals surface area contributed by atoms with Crippen LogP contribution in [0, 0.1) is 0 Å². The van der Waals surface area contributed by atoms with Crippen molar-refractivity contribution in [1.29, 1.82) is 0 Å². The molecule has 0 aliphatic rings. The molecule has 0 fully saturated rings. The highest BCUT2D eigenvalue weighted by Crippen LogP contribution is 2.14. The largest absolute Gasteiger partial charge is 0.508 e. The number of nitrogens with zero attached hydrogens (tertiary/aromatic N) is 1. The number of ether oxygens (including phenoxy) is 1. The van der Waals surface area contributed by atoms with E-state index < -0.39 is 11.5 Å². The summed E-state index contributed by atoms with van der Waals surface area (Å²) in [5.74, 6) is -0.893. The molecule has 0 spiro atoms. The highest BCUT2D eigenvalue weighted by atomic mass is 16.5. The lowest BCUT2D eigenvalue weighted by molar-refractivity contribution is 0.0512. The Morgan fingerprint density at radius 3 is 3.00 bits per heavy atom. The molecule has 17 heavy (non-hydrogen) atoms. The molecule has 0 saturated heterocycles. The molecule has 1 heterocycles. The van der Waals surface area contributed by atoms with Gasteiger partial charge in [-0.3, -0.25) is 4.79 Å². The number of phenols is 1. The van der Waals surface area contributed by atoms with Crippen molar-refractivity contribution >= 4 is 16.9 Å². The summed E-state index contributed by atoms with van der Waals surface area (Å²) in [6, 6.07) is 4.13. The molecule has 1 aromatic heterocycles. The Morgan fingerprint density at radius 2 is 2.29 bits per heavy atom. The van der Waals surface area contributed by atoms with Crippen LogP contribution >= 0.6 is 0 Å². The number of hydrogen-bond acceptors (Lipinski definition) is 5. The van der Waals surface area contributed by atoms with Crippen molar-refractivity contribution in [3.05, 3.63) is 34.4 Å². The van der Waals surface area contributed by atoms with E-state index in [-0.39, 0.29) is 23.7 Å². The molecular formula is C11H10N2O4. The molecule has 2 aromatic rings. The number of rotatable bonds is 2. The number of aromatic amines is 1. The summed E-state index contributed by atoms with van der Waals surface area (Å²) in [5, 5.41) is 9.59. The number of benzene rings is 1. The van der Waals surface area contributed by atoms with Gasteiger partial charge in [-0.05, 0) is 19.1 Å². The van der Waals surface area contributed by atoms with Crippen molar-refractivity contribution in [3.63, 3.8) is 0 Å². The molecule has 0 bridgehead atoms. The van der Waals surface area contributed by atoms with Gasteiger partial charge in [-0.25, -0.2) is 9.78 Å². The Bertz CT molecular complexity index is 633. The van der Waals surface area contributed by atoms with E-state index in [2.05, 4.69) is 9.97 Å². The number of fused-ring (bicyclic) bond motifs is 1. The third-order valence-electron chi connectivity index (χ3n) is 2.16. The zero-order valence-corrected chi connectivity index (χ0v) is 9.06. The molecule has 0 aliphatic heterocycles. The Balaban J connectivity index is 2.61. The SMILES string of the molecule is CCOC(=O)c1nc2cc(O)ccc2c(=O)[nH]1. The second kappa shape index (κ2) is 4.25. The predicted molar refractivity (Wildman–Crippen MR) is 60.0 cm³/mol. The minimum Gasteiger partial charge on any atom is -0.508 e. The van der Waals surface area contributed by atoms with Gasteiger partial charge in [0.25, 0.3) is 5.56 Å². The van der Waals surface area contributed by atoms with Crippen LogP contribution in [0.3, 0.4) is 0 Å². The summed E-state index contributed by atoms with van der Waals surface area (Å²) >= 11 is 0. The van der Waals surface area contributed by atoms with Gasteiger partial charge in [0.2, 0.25) is 5.82 Å². The minimum absolute atomic E-state index is 0.0228. The number of carbonyl (C=O) groups excluding carboxylic acids is 1. The number of phenolic OH excluding ortho intramolecular Hbond substituents is 1. The molecule has 6 heteroatoms. The summed E-state index contributed by atoms with van der Waals surface area (Å²) in [6.07, 6.45) is 0. The normalized spacial score (nSPS) is 10.4. The zero-order chi connectivity index (χ0) is 12.4. The fraction of sp³-hybridized carbons (Fsp3) is 0.182. The quantitative estimate of drug-likeness (QED) is 0.750. The van der Waals surface area contributed by atoms with Crippen molar-refractivity contribution in [2.45, 2.75) is 6.92 Å². The number of nitrogens with one attached hydrogen (secondary N) is 1. The van der Waals surface area contributed by atoms with E-state index in [0.29, 0.717) is 5.39 Å². The number of aromatic nitrogens is 2. The molecule has 0 aliphatic carbocycles. The number of aromatic hydroxyl groups is 1. The van der Waals surface area contributed by atoms with Crippen LogP contribution in [0.2, 0.25) is 0 Å². The summed E-state index contributed by atoms with van der Waals surface area (Å²) < 4.78 is 4.73. The lowest BCUT2D eigenvalue weighted by atomic mass is 10.2. The van der Waals surface area contributed by atoms with Gasteiger partial charge in [-0.15, -0.1) is 0 Å². The predicted octanol–water partition coefficient (Wildman–Crippen LogP) is 0.805. The van der Waals surface area contributed by atoms with Gasteiger partial charge in [0.15, 0.2) is 0 Å². The first kappa shape index (κ1) is 11.1. The van der Waals surface area contributed by atoms with Crippen molar-refractivity contribution in [1.82, 2.24) is 9.97 Å². The monoisotopic (exact) mass is 234 g/mol. The Morgan fingerprint density at radius 1 is 1.53 bits per heavy atom. The van der Waals surface area contributed by atoms with Crippen LogP contribution in [-0.2, 0) is 4.74 Å².